The molecule has 0 unspecified atom stereocenters. The lowest BCUT2D eigenvalue weighted by atomic mass is 10.0. The van der Waals surface area contributed by atoms with Gasteiger partial charge in [-0.25, -0.2) is 4.99 Å². The molecule has 2 aromatic rings. The number of thioether (sulfide) groups is 1. The molecule has 4 nitrogen and oxygen atoms in total. The molecule has 5 heteroatoms. The van der Waals surface area contributed by atoms with Crippen molar-refractivity contribution in [1.82, 2.24) is 4.90 Å². The zero-order chi connectivity index (χ0) is 20.1. The predicted molar refractivity (Wildman–Crippen MR) is 117 cm³/mol. The van der Waals surface area contributed by atoms with E-state index >= 15 is 0 Å². The molecule has 0 spiro atoms. The maximum absolute atomic E-state index is 12.8. The summed E-state index contributed by atoms with van der Waals surface area (Å²) in [5, 5.41) is 0. The molecule has 1 fully saturated rings. The quantitative estimate of drug-likeness (QED) is 0.302. The number of hydrogen-bond donors (Lipinski definition) is 0. The number of ether oxygens (including phenoxy) is 1. The minimum Gasteiger partial charge on any atom is -0.378 e. The van der Waals surface area contributed by atoms with E-state index in [1.807, 2.05) is 32.3 Å². The Morgan fingerprint density at radius 1 is 1.04 bits per heavy atom. The van der Waals surface area contributed by atoms with E-state index in [0.717, 1.165) is 53.6 Å². The van der Waals surface area contributed by atoms with Crippen LogP contribution in [0.2, 0.25) is 0 Å². The summed E-state index contributed by atoms with van der Waals surface area (Å²) in [5.74, 6) is 0.603. The van der Waals surface area contributed by atoms with E-state index in [1.165, 1.54) is 11.1 Å². The number of rotatable bonds is 6. The van der Waals surface area contributed by atoms with E-state index in [4.69, 9.17) is 4.74 Å². The lowest BCUT2D eigenvalue weighted by molar-refractivity contribution is 0.0701. The van der Waals surface area contributed by atoms with Crippen molar-refractivity contribution >= 4 is 29.6 Å². The number of carbonyl (C=O) groups is 1. The summed E-state index contributed by atoms with van der Waals surface area (Å²) in [6.45, 7) is 11.4. The molecule has 148 valence electrons. The first kappa shape index (κ1) is 20.6. The highest BCUT2D eigenvalue weighted by atomic mass is 32.2. The highest BCUT2D eigenvalue weighted by Gasteiger charge is 2.13. The first-order valence-electron chi connectivity index (χ1n) is 9.64. The van der Waals surface area contributed by atoms with E-state index in [9.17, 15) is 4.79 Å². The number of aliphatic imine (C=N–C) groups is 1. The van der Waals surface area contributed by atoms with Crippen LogP contribution < -0.4 is 0 Å². The normalized spacial score (nSPS) is 14.6. The smallest absolute Gasteiger partial charge is 0.173 e. The number of aryl methyl sites for hydroxylation is 4. The molecule has 0 N–H and O–H groups in total. The van der Waals surface area contributed by atoms with Gasteiger partial charge in [-0.15, -0.1) is 11.8 Å². The van der Waals surface area contributed by atoms with Crippen LogP contribution in [0.3, 0.4) is 0 Å². The molecule has 1 aliphatic rings. The van der Waals surface area contributed by atoms with Crippen molar-refractivity contribution in [3.63, 3.8) is 0 Å². The Labute approximate surface area is 172 Å². The van der Waals surface area contributed by atoms with Crippen molar-refractivity contribution in [3.8, 4) is 0 Å². The first-order valence-corrected chi connectivity index (χ1v) is 10.6. The zero-order valence-electron chi connectivity index (χ0n) is 17.1. The lowest BCUT2D eigenvalue weighted by Crippen LogP contribution is -2.35. The van der Waals surface area contributed by atoms with Crippen molar-refractivity contribution in [2.75, 3.05) is 32.1 Å². The van der Waals surface area contributed by atoms with Gasteiger partial charge in [0.15, 0.2) is 5.78 Å². The Morgan fingerprint density at radius 3 is 2.50 bits per heavy atom. The van der Waals surface area contributed by atoms with Gasteiger partial charge in [0.1, 0.15) is 0 Å². The number of hydrogen-bond acceptors (Lipinski definition) is 4. The highest BCUT2D eigenvalue weighted by molar-refractivity contribution is 8.00. The van der Waals surface area contributed by atoms with Crippen LogP contribution in [-0.2, 0) is 4.74 Å². The fourth-order valence-corrected chi connectivity index (χ4v) is 3.99. The van der Waals surface area contributed by atoms with Crippen molar-refractivity contribution in [3.05, 3.63) is 58.1 Å². The molecular weight excluding hydrogens is 368 g/mol. The molecule has 0 aromatic heterocycles. The molecule has 28 heavy (non-hydrogen) atoms. The minimum atomic E-state index is 0.160. The second kappa shape index (κ2) is 9.39. The van der Waals surface area contributed by atoms with Gasteiger partial charge >= 0.3 is 0 Å². The van der Waals surface area contributed by atoms with Gasteiger partial charge in [-0.05, 0) is 74.2 Å². The third-order valence-electron chi connectivity index (χ3n) is 5.10. The molecule has 0 atom stereocenters. The molecule has 0 aliphatic carbocycles. The fourth-order valence-electron chi connectivity index (χ4n) is 3.11. The minimum absolute atomic E-state index is 0.160. The van der Waals surface area contributed by atoms with Gasteiger partial charge in [-0.1, -0.05) is 6.07 Å². The fraction of sp³-hybridized carbons (Fsp3) is 0.391. The molecule has 1 heterocycles. The Balaban J connectivity index is 1.67. The van der Waals surface area contributed by atoms with Crippen LogP contribution in [-0.4, -0.2) is 49.1 Å². The van der Waals surface area contributed by atoms with Gasteiger partial charge < -0.3 is 9.64 Å². The number of morpholine rings is 1. The highest BCUT2D eigenvalue weighted by Crippen LogP contribution is 2.26. The topological polar surface area (TPSA) is 41.9 Å². The third-order valence-corrected chi connectivity index (χ3v) is 6.09. The molecule has 0 saturated carbocycles. The number of ketones is 1. The maximum atomic E-state index is 12.8. The van der Waals surface area contributed by atoms with E-state index in [-0.39, 0.29) is 5.78 Å². The van der Waals surface area contributed by atoms with Crippen LogP contribution in [0.4, 0.5) is 5.69 Å². The van der Waals surface area contributed by atoms with E-state index in [2.05, 4.69) is 41.9 Å². The molecule has 0 amide bonds. The number of carbonyl (C=O) groups excluding carboxylic acids is 1. The summed E-state index contributed by atoms with van der Waals surface area (Å²) in [7, 11) is 0. The zero-order valence-corrected chi connectivity index (χ0v) is 17.9. The van der Waals surface area contributed by atoms with Crippen molar-refractivity contribution in [2.45, 2.75) is 32.6 Å². The second-order valence-corrected chi connectivity index (χ2v) is 8.35. The summed E-state index contributed by atoms with van der Waals surface area (Å²) in [5.41, 5.74) is 6.24. The van der Waals surface area contributed by atoms with Gasteiger partial charge in [-0.2, -0.15) is 0 Å². The van der Waals surface area contributed by atoms with Crippen LogP contribution in [0.25, 0.3) is 0 Å². The van der Waals surface area contributed by atoms with E-state index in [1.54, 1.807) is 11.8 Å². The molecule has 1 aliphatic heterocycles. The summed E-state index contributed by atoms with van der Waals surface area (Å²) in [6.07, 6.45) is 1.89. The van der Waals surface area contributed by atoms with Crippen molar-refractivity contribution in [2.24, 2.45) is 4.99 Å². The van der Waals surface area contributed by atoms with Gasteiger partial charge in [-0.3, -0.25) is 4.79 Å². The van der Waals surface area contributed by atoms with Crippen LogP contribution in [0.5, 0.6) is 0 Å². The Kier molecular flexibility index (Phi) is 6.92. The van der Waals surface area contributed by atoms with Gasteiger partial charge in [0.25, 0.3) is 0 Å². The van der Waals surface area contributed by atoms with Gasteiger partial charge in [0, 0.05) is 23.5 Å². The van der Waals surface area contributed by atoms with Gasteiger partial charge in [0.2, 0.25) is 0 Å². The summed E-state index contributed by atoms with van der Waals surface area (Å²) >= 11 is 1.60. The monoisotopic (exact) mass is 396 g/mol. The molecule has 3 rings (SSSR count). The first-order chi connectivity index (χ1) is 13.4. The largest absolute Gasteiger partial charge is 0.378 e. The Bertz CT molecular complexity index is 886. The molecule has 1 saturated heterocycles. The van der Waals surface area contributed by atoms with Crippen LogP contribution >= 0.6 is 11.8 Å². The van der Waals surface area contributed by atoms with Crippen LogP contribution in [0, 0.1) is 27.7 Å². The van der Waals surface area contributed by atoms with Crippen LogP contribution in [0.15, 0.2) is 40.2 Å². The standard InChI is InChI=1S/C23H28N2O2S/c1-16-5-6-20(11-17(16)2)28-14-23(26)21-12-19(4)22(13-18(21)3)24-15-25-7-9-27-10-8-25/h5-6,11-13,15H,7-10,14H2,1-4H3. The van der Waals surface area contributed by atoms with E-state index < -0.39 is 0 Å². The molecular formula is C23H28N2O2S. The Hall–Kier alpha value is -2.11. The average Bonchev–Trinajstić information content (AvgIpc) is 2.69. The Morgan fingerprint density at radius 2 is 1.79 bits per heavy atom. The molecule has 0 bridgehead atoms. The second-order valence-electron chi connectivity index (χ2n) is 7.30. The summed E-state index contributed by atoms with van der Waals surface area (Å²) in [4.78, 5) is 20.7. The third kappa shape index (κ3) is 5.24. The SMILES string of the molecule is Cc1ccc(SCC(=O)c2cc(C)c(N=CN3CCOCC3)cc2C)cc1C. The van der Waals surface area contributed by atoms with E-state index in [0.29, 0.717) is 5.75 Å². The maximum Gasteiger partial charge on any atom is 0.173 e. The van der Waals surface area contributed by atoms with Crippen LogP contribution in [0.1, 0.15) is 32.6 Å². The summed E-state index contributed by atoms with van der Waals surface area (Å²) in [6, 6.07) is 10.3. The number of Topliss-reactive ketones (excluding diaryl/α,β-unsaturated/α-hetero) is 1. The molecule has 2 aromatic carbocycles. The van der Waals surface area contributed by atoms with Crippen molar-refractivity contribution < 1.29 is 9.53 Å². The average molecular weight is 397 g/mol. The summed E-state index contributed by atoms with van der Waals surface area (Å²) < 4.78 is 5.36. The van der Waals surface area contributed by atoms with Crippen molar-refractivity contribution in [1.29, 1.82) is 0 Å². The number of nitrogens with zero attached hydrogens (tertiary/aromatic N) is 2. The lowest BCUT2D eigenvalue weighted by Gasteiger charge is -2.24. The van der Waals surface area contributed by atoms with Gasteiger partial charge in [0.05, 0.1) is 31.0 Å². The predicted octanol–water partition coefficient (Wildman–Crippen LogP) is 4.89. The number of benzene rings is 2. The molecule has 0 radical (unpaired) electrons.